The Bertz CT molecular complexity index is 1390. The fourth-order valence-corrected chi connectivity index (χ4v) is 5.69. The average molecular weight is 528 g/mol. The number of anilines is 4. The van der Waals surface area contributed by atoms with Gasteiger partial charge in [0.05, 0.1) is 24.4 Å². The first-order chi connectivity index (χ1) is 19.0. The molecule has 0 atom stereocenters. The minimum absolute atomic E-state index is 0.160. The average Bonchev–Trinajstić information content (AvgIpc) is 3.58. The van der Waals surface area contributed by atoms with Crippen LogP contribution in [0.25, 0.3) is 0 Å². The number of nitrogens with one attached hydrogen (secondary N) is 2. The summed E-state index contributed by atoms with van der Waals surface area (Å²) in [7, 11) is 3.39. The van der Waals surface area contributed by atoms with Crippen LogP contribution in [0.5, 0.6) is 5.75 Å². The largest absolute Gasteiger partial charge is 0.495 e. The van der Waals surface area contributed by atoms with E-state index in [1.165, 1.54) is 12.8 Å². The molecule has 3 heterocycles. The Labute approximate surface area is 227 Å². The number of fused-ring (bicyclic) bond motifs is 1. The molecule has 2 aromatic heterocycles. The van der Waals surface area contributed by atoms with Crippen LogP contribution in [-0.4, -0.2) is 53.5 Å². The molecule has 0 radical (unpaired) electrons. The molecular formula is C29H33N7O3. The van der Waals surface area contributed by atoms with Crippen LogP contribution in [0, 0.1) is 5.41 Å². The maximum atomic E-state index is 13.3. The van der Waals surface area contributed by atoms with Gasteiger partial charge in [-0.25, -0.2) is 4.98 Å². The van der Waals surface area contributed by atoms with E-state index in [2.05, 4.69) is 25.5 Å². The zero-order chi connectivity index (χ0) is 27.0. The molecule has 2 saturated carbocycles. The van der Waals surface area contributed by atoms with Crippen LogP contribution in [0.1, 0.15) is 54.4 Å². The molecule has 0 unspecified atom stereocenters. The van der Waals surface area contributed by atoms with Crippen molar-refractivity contribution >= 4 is 35.0 Å². The van der Waals surface area contributed by atoms with Gasteiger partial charge in [0.25, 0.3) is 5.91 Å². The second kappa shape index (κ2) is 10.2. The van der Waals surface area contributed by atoms with Gasteiger partial charge in [0.2, 0.25) is 11.9 Å². The lowest BCUT2D eigenvalue weighted by atomic mass is 10.0. The molecule has 0 bridgehead atoms. The maximum Gasteiger partial charge on any atom is 0.251 e. The van der Waals surface area contributed by atoms with Crippen LogP contribution in [0.15, 0.2) is 48.9 Å². The van der Waals surface area contributed by atoms with Crippen molar-refractivity contribution in [3.8, 4) is 5.75 Å². The summed E-state index contributed by atoms with van der Waals surface area (Å²) in [5.41, 5.74) is 2.54. The highest BCUT2D eigenvalue weighted by molar-refractivity contribution is 6.03. The van der Waals surface area contributed by atoms with Gasteiger partial charge in [-0.05, 0) is 61.6 Å². The predicted molar refractivity (Wildman–Crippen MR) is 148 cm³/mol. The topological polar surface area (TPSA) is 113 Å². The summed E-state index contributed by atoms with van der Waals surface area (Å²) in [4.78, 5) is 43.7. The lowest BCUT2D eigenvalue weighted by molar-refractivity contribution is -0.122. The van der Waals surface area contributed by atoms with E-state index in [-0.39, 0.29) is 17.2 Å². The molecular weight excluding hydrogens is 494 g/mol. The second-order valence-corrected chi connectivity index (χ2v) is 10.7. The molecule has 0 saturated heterocycles. The van der Waals surface area contributed by atoms with E-state index in [0.717, 1.165) is 42.8 Å². The standard InChI is InChI=1S/C29H33N7O3/c1-35-23-17-32-28(34-25(23)36(21-5-3-4-6-21)18-29(11-12-29)27(35)38)33-22-8-7-20(15-24(22)39-2)26(37)31-16-19-9-13-30-14-10-19/h7-10,13-15,17,21H,3-6,11-12,16,18H2,1-2H3,(H,31,37)(H,32,33,34). The summed E-state index contributed by atoms with van der Waals surface area (Å²) in [5, 5.41) is 6.20. The molecule has 10 heteroatoms. The van der Waals surface area contributed by atoms with Gasteiger partial charge in [-0.1, -0.05) is 12.8 Å². The molecule has 202 valence electrons. The summed E-state index contributed by atoms with van der Waals surface area (Å²) in [6.45, 7) is 1.11. The first-order valence-corrected chi connectivity index (χ1v) is 13.5. The Kier molecular flexibility index (Phi) is 6.54. The number of carbonyl (C=O) groups excluding carboxylic acids is 2. The third-order valence-corrected chi connectivity index (χ3v) is 8.15. The van der Waals surface area contributed by atoms with Gasteiger partial charge in [0, 0.05) is 44.1 Å². The van der Waals surface area contributed by atoms with E-state index in [0.29, 0.717) is 42.1 Å². The smallest absolute Gasteiger partial charge is 0.251 e. The number of hydrogen-bond acceptors (Lipinski definition) is 8. The maximum absolute atomic E-state index is 13.3. The Morgan fingerprint density at radius 2 is 1.92 bits per heavy atom. The van der Waals surface area contributed by atoms with Crippen molar-refractivity contribution < 1.29 is 14.3 Å². The van der Waals surface area contributed by atoms with E-state index in [1.807, 2.05) is 19.2 Å². The summed E-state index contributed by atoms with van der Waals surface area (Å²) in [5.74, 6) is 1.67. The van der Waals surface area contributed by atoms with E-state index in [9.17, 15) is 9.59 Å². The van der Waals surface area contributed by atoms with Crippen molar-refractivity contribution in [2.45, 2.75) is 51.1 Å². The molecule has 2 N–H and O–H groups in total. The number of nitrogens with zero attached hydrogens (tertiary/aromatic N) is 5. The van der Waals surface area contributed by atoms with Crippen molar-refractivity contribution in [2.75, 3.05) is 35.8 Å². The van der Waals surface area contributed by atoms with Gasteiger partial charge < -0.3 is 25.2 Å². The molecule has 2 amide bonds. The van der Waals surface area contributed by atoms with Crippen LogP contribution in [0.2, 0.25) is 0 Å². The first-order valence-electron chi connectivity index (χ1n) is 13.5. The number of pyridine rings is 1. The molecule has 6 rings (SSSR count). The number of hydrogen-bond donors (Lipinski definition) is 2. The fraction of sp³-hybridized carbons (Fsp3) is 0.414. The van der Waals surface area contributed by atoms with E-state index >= 15 is 0 Å². The molecule has 3 aromatic rings. The van der Waals surface area contributed by atoms with Gasteiger partial charge in [0.1, 0.15) is 11.4 Å². The second-order valence-electron chi connectivity index (χ2n) is 10.7. The Hall–Kier alpha value is -4.21. The summed E-state index contributed by atoms with van der Waals surface area (Å²) in [6.07, 6.45) is 11.6. The summed E-state index contributed by atoms with van der Waals surface area (Å²) >= 11 is 0. The van der Waals surface area contributed by atoms with Gasteiger partial charge in [-0.3, -0.25) is 14.6 Å². The van der Waals surface area contributed by atoms with Crippen molar-refractivity contribution in [3.05, 3.63) is 60.0 Å². The summed E-state index contributed by atoms with van der Waals surface area (Å²) in [6, 6.07) is 9.33. The molecule has 39 heavy (non-hydrogen) atoms. The van der Waals surface area contributed by atoms with Crippen LogP contribution >= 0.6 is 0 Å². The molecule has 3 aliphatic rings. The van der Waals surface area contributed by atoms with Crippen molar-refractivity contribution in [1.29, 1.82) is 0 Å². The minimum Gasteiger partial charge on any atom is -0.495 e. The number of rotatable bonds is 7. The Morgan fingerprint density at radius 3 is 2.64 bits per heavy atom. The molecule has 1 spiro atoms. The van der Waals surface area contributed by atoms with Crippen LogP contribution in [-0.2, 0) is 11.3 Å². The molecule has 1 aromatic carbocycles. The van der Waals surface area contributed by atoms with Crippen LogP contribution in [0.3, 0.4) is 0 Å². The first kappa shape index (κ1) is 25.1. The number of aromatic nitrogens is 3. The zero-order valence-corrected chi connectivity index (χ0v) is 22.3. The number of carbonyl (C=O) groups is 2. The molecule has 1 aliphatic heterocycles. The Balaban J connectivity index is 1.25. The van der Waals surface area contributed by atoms with Crippen molar-refractivity contribution in [1.82, 2.24) is 20.3 Å². The number of ether oxygens (including phenoxy) is 1. The number of amides is 2. The molecule has 2 aliphatic carbocycles. The van der Waals surface area contributed by atoms with Crippen LogP contribution in [0.4, 0.5) is 23.1 Å². The van der Waals surface area contributed by atoms with Gasteiger partial charge in [0.15, 0.2) is 5.82 Å². The third-order valence-electron chi connectivity index (χ3n) is 8.15. The van der Waals surface area contributed by atoms with Gasteiger partial charge in [-0.15, -0.1) is 0 Å². The molecule has 10 nitrogen and oxygen atoms in total. The number of methoxy groups -OCH3 is 1. The third kappa shape index (κ3) is 4.86. The van der Waals surface area contributed by atoms with E-state index in [4.69, 9.17) is 9.72 Å². The SMILES string of the molecule is COc1cc(C(=O)NCc2ccncc2)ccc1Nc1ncc2c(n1)N(C1CCCC1)CC1(CC1)C(=O)N2C. The lowest BCUT2D eigenvalue weighted by Gasteiger charge is -2.31. The number of benzene rings is 1. The fourth-order valence-electron chi connectivity index (χ4n) is 5.69. The zero-order valence-electron chi connectivity index (χ0n) is 22.3. The van der Waals surface area contributed by atoms with Gasteiger partial charge >= 0.3 is 0 Å². The quantitative estimate of drug-likeness (QED) is 0.473. The molecule has 2 fully saturated rings. The minimum atomic E-state index is -0.303. The lowest BCUT2D eigenvalue weighted by Crippen LogP contribution is -2.41. The highest BCUT2D eigenvalue weighted by Crippen LogP contribution is 2.52. The van der Waals surface area contributed by atoms with E-state index in [1.54, 1.807) is 48.8 Å². The Morgan fingerprint density at radius 1 is 1.15 bits per heavy atom. The van der Waals surface area contributed by atoms with Crippen molar-refractivity contribution in [2.24, 2.45) is 5.41 Å². The van der Waals surface area contributed by atoms with E-state index < -0.39 is 0 Å². The van der Waals surface area contributed by atoms with Crippen molar-refractivity contribution in [3.63, 3.8) is 0 Å². The monoisotopic (exact) mass is 527 g/mol. The van der Waals surface area contributed by atoms with Gasteiger partial charge in [-0.2, -0.15) is 4.98 Å². The highest BCUT2D eigenvalue weighted by atomic mass is 16.5. The van der Waals surface area contributed by atoms with Crippen LogP contribution < -0.4 is 25.2 Å². The normalized spacial score (nSPS) is 18.1. The summed E-state index contributed by atoms with van der Waals surface area (Å²) < 4.78 is 5.60. The highest BCUT2D eigenvalue weighted by Gasteiger charge is 2.55. The predicted octanol–water partition coefficient (Wildman–Crippen LogP) is 4.06.